The van der Waals surface area contributed by atoms with Crippen molar-refractivity contribution in [2.75, 3.05) is 4.72 Å². The van der Waals surface area contributed by atoms with Crippen molar-refractivity contribution in [3.63, 3.8) is 0 Å². The molecule has 30 heavy (non-hydrogen) atoms. The summed E-state index contributed by atoms with van der Waals surface area (Å²) in [6, 6.07) is 18.1. The number of benzene rings is 3. The average Bonchev–Trinajstić information content (AvgIpc) is 2.73. The lowest BCUT2D eigenvalue weighted by Crippen LogP contribution is -2.24. The molecule has 3 rings (SSSR count). The van der Waals surface area contributed by atoms with Crippen LogP contribution in [0.15, 0.2) is 77.7 Å². The van der Waals surface area contributed by atoms with Crippen LogP contribution < -0.4 is 10.0 Å². The van der Waals surface area contributed by atoms with Gasteiger partial charge in [0.05, 0.1) is 26.1 Å². The summed E-state index contributed by atoms with van der Waals surface area (Å²) in [6.07, 6.45) is 0. The molecule has 8 nitrogen and oxygen atoms in total. The van der Waals surface area contributed by atoms with Gasteiger partial charge in [0.15, 0.2) is 0 Å². The highest BCUT2D eigenvalue weighted by atomic mass is 35.5. The molecule has 0 aromatic heterocycles. The highest BCUT2D eigenvalue weighted by Gasteiger charge is 2.17. The van der Waals surface area contributed by atoms with Crippen LogP contribution in [-0.2, 0) is 16.6 Å². The van der Waals surface area contributed by atoms with Crippen LogP contribution in [0.2, 0.25) is 5.02 Å². The quantitative estimate of drug-likeness (QED) is 0.421. The number of amides is 1. The summed E-state index contributed by atoms with van der Waals surface area (Å²) in [5.74, 6) is -0.546. The Morgan fingerprint density at radius 3 is 2.33 bits per heavy atom. The third-order valence-corrected chi connectivity index (χ3v) is 5.86. The summed E-state index contributed by atoms with van der Waals surface area (Å²) in [5.41, 5.74) is 0.696. The number of nitro benzene ring substituents is 1. The fourth-order valence-electron chi connectivity index (χ4n) is 2.65. The molecule has 0 saturated heterocycles. The maximum atomic E-state index is 12.6. The molecule has 0 spiro atoms. The van der Waals surface area contributed by atoms with E-state index >= 15 is 0 Å². The number of halogens is 1. The molecule has 154 valence electrons. The molecule has 0 unspecified atom stereocenters. The molecule has 0 aliphatic carbocycles. The molecule has 0 aliphatic rings. The van der Waals surface area contributed by atoms with E-state index in [9.17, 15) is 23.3 Å². The van der Waals surface area contributed by atoms with E-state index in [4.69, 9.17) is 11.6 Å². The Balaban J connectivity index is 1.76. The topological polar surface area (TPSA) is 118 Å². The number of non-ortho nitro benzene ring substituents is 1. The molecule has 0 bridgehead atoms. The van der Waals surface area contributed by atoms with Crippen LogP contribution in [0.3, 0.4) is 0 Å². The molecule has 3 aromatic carbocycles. The number of anilines is 1. The van der Waals surface area contributed by atoms with Gasteiger partial charge in [-0.05, 0) is 29.8 Å². The minimum Gasteiger partial charge on any atom is -0.348 e. The Hall–Kier alpha value is -3.43. The first kappa shape index (κ1) is 21.3. The highest BCUT2D eigenvalue weighted by molar-refractivity contribution is 7.92. The Bertz CT molecular complexity index is 1200. The number of nitro groups is 1. The van der Waals surface area contributed by atoms with E-state index in [0.717, 1.165) is 6.07 Å². The summed E-state index contributed by atoms with van der Waals surface area (Å²) in [7, 11) is -3.79. The summed E-state index contributed by atoms with van der Waals surface area (Å²) in [5, 5.41) is 13.4. The third kappa shape index (κ3) is 4.94. The fraction of sp³-hybridized carbons (Fsp3) is 0.0500. The monoisotopic (exact) mass is 445 g/mol. The highest BCUT2D eigenvalue weighted by Crippen LogP contribution is 2.23. The zero-order valence-electron chi connectivity index (χ0n) is 15.4. The van der Waals surface area contributed by atoms with Gasteiger partial charge in [-0.1, -0.05) is 48.0 Å². The van der Waals surface area contributed by atoms with Gasteiger partial charge in [-0.3, -0.25) is 19.6 Å². The van der Waals surface area contributed by atoms with Gasteiger partial charge < -0.3 is 5.32 Å². The minimum absolute atomic E-state index is 0.0135. The number of hydrogen-bond donors (Lipinski definition) is 2. The number of nitrogens with one attached hydrogen (secondary N) is 2. The van der Waals surface area contributed by atoms with Crippen LogP contribution in [-0.4, -0.2) is 19.2 Å². The third-order valence-electron chi connectivity index (χ3n) is 4.16. The van der Waals surface area contributed by atoms with Crippen molar-refractivity contribution >= 4 is 38.9 Å². The van der Waals surface area contributed by atoms with Gasteiger partial charge in [-0.15, -0.1) is 0 Å². The molecule has 0 saturated carbocycles. The Labute approximate surface area is 177 Å². The normalized spacial score (nSPS) is 11.0. The Morgan fingerprint density at radius 2 is 1.67 bits per heavy atom. The van der Waals surface area contributed by atoms with Crippen LogP contribution in [0.1, 0.15) is 15.9 Å². The van der Waals surface area contributed by atoms with Crippen molar-refractivity contribution < 1.29 is 18.1 Å². The molecule has 0 heterocycles. The second-order valence-electron chi connectivity index (χ2n) is 6.18. The number of carbonyl (C=O) groups excluding carboxylic acids is 1. The number of sulfonamides is 1. The zero-order valence-corrected chi connectivity index (χ0v) is 17.0. The second kappa shape index (κ2) is 8.93. The van der Waals surface area contributed by atoms with E-state index < -0.39 is 20.9 Å². The van der Waals surface area contributed by atoms with Gasteiger partial charge in [0.25, 0.3) is 21.6 Å². The Kier molecular flexibility index (Phi) is 6.34. The standard InChI is InChI=1S/C20H16ClN3O5S/c21-18-12-15(24(26)27)10-11-17(18)20(25)22-13-14-6-4-5-9-19(14)23-30(28,29)16-7-2-1-3-8-16/h1-12,23H,13H2,(H,22,25). The van der Waals surface area contributed by atoms with Gasteiger partial charge in [0.1, 0.15) is 0 Å². The first-order valence-electron chi connectivity index (χ1n) is 8.66. The summed E-state index contributed by atoms with van der Waals surface area (Å²) in [4.78, 5) is 22.7. The van der Waals surface area contributed by atoms with Crippen molar-refractivity contribution in [1.29, 1.82) is 0 Å². The number of carbonyl (C=O) groups is 1. The molecule has 0 aliphatic heterocycles. The molecular weight excluding hydrogens is 430 g/mol. The first-order chi connectivity index (χ1) is 14.3. The average molecular weight is 446 g/mol. The molecule has 0 fully saturated rings. The second-order valence-corrected chi connectivity index (χ2v) is 8.27. The van der Waals surface area contributed by atoms with E-state index in [2.05, 4.69) is 10.0 Å². The summed E-state index contributed by atoms with van der Waals surface area (Å²) in [6.45, 7) is 0.0135. The van der Waals surface area contributed by atoms with Crippen LogP contribution >= 0.6 is 11.6 Å². The molecule has 3 aromatic rings. The zero-order chi connectivity index (χ0) is 21.7. The van der Waals surface area contributed by atoms with E-state index in [1.54, 1.807) is 42.5 Å². The predicted molar refractivity (Wildman–Crippen MR) is 113 cm³/mol. The van der Waals surface area contributed by atoms with Crippen LogP contribution in [0.25, 0.3) is 0 Å². The van der Waals surface area contributed by atoms with Gasteiger partial charge >= 0.3 is 0 Å². The number of hydrogen-bond acceptors (Lipinski definition) is 5. The number of para-hydroxylation sites is 1. The summed E-state index contributed by atoms with van der Waals surface area (Å²) >= 11 is 5.98. The van der Waals surface area contributed by atoms with Gasteiger partial charge in [-0.25, -0.2) is 8.42 Å². The van der Waals surface area contributed by atoms with Crippen LogP contribution in [0.4, 0.5) is 11.4 Å². The van der Waals surface area contributed by atoms with E-state index in [1.807, 2.05) is 0 Å². The smallest absolute Gasteiger partial charge is 0.270 e. The van der Waals surface area contributed by atoms with Crippen molar-refractivity contribution in [3.05, 3.63) is 99.1 Å². The molecule has 0 atom stereocenters. The molecule has 1 amide bonds. The van der Waals surface area contributed by atoms with Gasteiger partial charge in [0.2, 0.25) is 0 Å². The maximum Gasteiger partial charge on any atom is 0.270 e. The van der Waals surface area contributed by atoms with E-state index in [-0.39, 0.29) is 27.7 Å². The number of nitrogens with zero attached hydrogens (tertiary/aromatic N) is 1. The van der Waals surface area contributed by atoms with Crippen molar-refractivity contribution in [2.24, 2.45) is 0 Å². The Morgan fingerprint density at radius 1 is 1.00 bits per heavy atom. The summed E-state index contributed by atoms with van der Waals surface area (Å²) < 4.78 is 27.7. The lowest BCUT2D eigenvalue weighted by Gasteiger charge is -2.13. The molecular formula is C20H16ClN3O5S. The van der Waals surface area contributed by atoms with Gasteiger partial charge in [-0.2, -0.15) is 0 Å². The van der Waals surface area contributed by atoms with Crippen molar-refractivity contribution in [3.8, 4) is 0 Å². The first-order valence-corrected chi connectivity index (χ1v) is 10.5. The van der Waals surface area contributed by atoms with Gasteiger partial charge in [0, 0.05) is 18.7 Å². The minimum atomic E-state index is -3.79. The van der Waals surface area contributed by atoms with Crippen molar-refractivity contribution in [1.82, 2.24) is 5.32 Å². The fourth-order valence-corrected chi connectivity index (χ4v) is 4.03. The predicted octanol–water partition coefficient (Wildman–Crippen LogP) is 3.98. The van der Waals surface area contributed by atoms with E-state index in [1.165, 1.54) is 24.3 Å². The molecule has 0 radical (unpaired) electrons. The van der Waals surface area contributed by atoms with Crippen LogP contribution in [0.5, 0.6) is 0 Å². The molecule has 2 N–H and O–H groups in total. The van der Waals surface area contributed by atoms with Crippen molar-refractivity contribution in [2.45, 2.75) is 11.4 Å². The van der Waals surface area contributed by atoms with Crippen LogP contribution in [0, 0.1) is 10.1 Å². The lowest BCUT2D eigenvalue weighted by molar-refractivity contribution is -0.384. The van der Waals surface area contributed by atoms with E-state index in [0.29, 0.717) is 11.3 Å². The maximum absolute atomic E-state index is 12.6. The lowest BCUT2D eigenvalue weighted by atomic mass is 10.1. The largest absolute Gasteiger partial charge is 0.348 e. The SMILES string of the molecule is O=C(NCc1ccccc1NS(=O)(=O)c1ccccc1)c1ccc([N+](=O)[O-])cc1Cl. The number of rotatable bonds is 7. The molecule has 10 heteroatoms.